The molecule has 0 atom stereocenters. The van der Waals surface area contributed by atoms with Crippen LogP contribution in [0.2, 0.25) is 0 Å². The molecule has 0 aromatic heterocycles. The summed E-state index contributed by atoms with van der Waals surface area (Å²) in [6.07, 6.45) is 22.3. The number of allylic oxidation sites excluding steroid dienone is 2. The molecule has 0 heterocycles. The summed E-state index contributed by atoms with van der Waals surface area (Å²) in [5.74, 6) is 1.28. The second-order valence-corrected chi connectivity index (χ2v) is 9.44. The second kappa shape index (κ2) is 18.8. The topological polar surface area (TPSA) is 17.1 Å². The van der Waals surface area contributed by atoms with Crippen LogP contribution in [-0.4, -0.2) is 6.29 Å². The smallest absolute Gasteiger partial charge is 0.145 e. The van der Waals surface area contributed by atoms with Gasteiger partial charge in [-0.1, -0.05) is 117 Å². The minimum Gasteiger partial charge on any atom is -0.298 e. The zero-order valence-corrected chi connectivity index (χ0v) is 19.5. The summed E-state index contributed by atoms with van der Waals surface area (Å²) in [6.45, 7) is 11.3. The Hall–Kier alpha value is -0.590. The summed E-state index contributed by atoms with van der Waals surface area (Å²) in [5, 5.41) is 0. The molecule has 0 rings (SSSR count). The van der Waals surface area contributed by atoms with Gasteiger partial charge in [-0.05, 0) is 43.1 Å². The quantitative estimate of drug-likeness (QED) is 0.124. The van der Waals surface area contributed by atoms with Crippen molar-refractivity contribution in [1.29, 1.82) is 0 Å². The molecule has 1 nitrogen and oxygen atoms in total. The van der Waals surface area contributed by atoms with E-state index in [0.717, 1.165) is 31.1 Å². The molecule has 0 aliphatic heterocycles. The molecule has 0 saturated carbocycles. The second-order valence-electron chi connectivity index (χ2n) is 9.44. The minimum absolute atomic E-state index is 0.639. The highest BCUT2D eigenvalue weighted by Gasteiger charge is 2.10. The van der Waals surface area contributed by atoms with Crippen LogP contribution >= 0.6 is 0 Å². The van der Waals surface area contributed by atoms with Crippen molar-refractivity contribution in [1.82, 2.24) is 0 Å². The summed E-state index contributed by atoms with van der Waals surface area (Å²) < 4.78 is 0. The van der Waals surface area contributed by atoms with Gasteiger partial charge in [0.1, 0.15) is 6.29 Å². The highest BCUT2D eigenvalue weighted by Crippen LogP contribution is 2.25. The molecule has 0 bridgehead atoms. The van der Waals surface area contributed by atoms with E-state index in [4.69, 9.17) is 0 Å². The molecule has 0 aliphatic carbocycles. The van der Waals surface area contributed by atoms with Crippen molar-refractivity contribution in [2.24, 2.45) is 11.8 Å². The van der Waals surface area contributed by atoms with Gasteiger partial charge >= 0.3 is 0 Å². The van der Waals surface area contributed by atoms with Crippen molar-refractivity contribution in [2.45, 2.75) is 137 Å². The zero-order valence-electron chi connectivity index (χ0n) is 19.5. The average molecular weight is 379 g/mol. The van der Waals surface area contributed by atoms with Crippen molar-refractivity contribution in [3.8, 4) is 0 Å². The lowest BCUT2D eigenvalue weighted by atomic mass is 9.89. The molecule has 0 aromatic rings. The lowest BCUT2D eigenvalue weighted by Gasteiger charge is -2.16. The Balaban J connectivity index is 3.81. The van der Waals surface area contributed by atoms with Gasteiger partial charge in [-0.2, -0.15) is 0 Å². The van der Waals surface area contributed by atoms with Gasteiger partial charge in [-0.25, -0.2) is 0 Å². The van der Waals surface area contributed by atoms with Gasteiger partial charge in [0, 0.05) is 0 Å². The van der Waals surface area contributed by atoms with Crippen molar-refractivity contribution >= 4 is 6.29 Å². The highest BCUT2D eigenvalue weighted by molar-refractivity contribution is 5.74. The van der Waals surface area contributed by atoms with E-state index in [2.05, 4.69) is 34.6 Å². The number of aldehydes is 1. The van der Waals surface area contributed by atoms with Crippen molar-refractivity contribution in [3.05, 3.63) is 11.1 Å². The molecule has 0 aliphatic rings. The van der Waals surface area contributed by atoms with Gasteiger partial charge in [-0.3, -0.25) is 4.79 Å². The third-order valence-corrected chi connectivity index (χ3v) is 5.46. The van der Waals surface area contributed by atoms with Crippen LogP contribution in [0.15, 0.2) is 11.1 Å². The van der Waals surface area contributed by atoms with Gasteiger partial charge in [0.2, 0.25) is 0 Å². The van der Waals surface area contributed by atoms with Crippen molar-refractivity contribution < 1.29 is 4.79 Å². The van der Waals surface area contributed by atoms with Crippen LogP contribution in [0.3, 0.4) is 0 Å². The maximum Gasteiger partial charge on any atom is 0.145 e. The molecule has 0 saturated heterocycles. The lowest BCUT2D eigenvalue weighted by Crippen LogP contribution is -2.02. The van der Waals surface area contributed by atoms with Gasteiger partial charge in [0.15, 0.2) is 0 Å². The number of rotatable bonds is 19. The van der Waals surface area contributed by atoms with E-state index < -0.39 is 0 Å². The number of hydrogen-bond acceptors (Lipinski definition) is 1. The predicted molar refractivity (Wildman–Crippen MR) is 122 cm³/mol. The molecule has 0 spiro atoms. The Kier molecular flexibility index (Phi) is 18.3. The van der Waals surface area contributed by atoms with Gasteiger partial charge in [-0.15, -0.1) is 0 Å². The maximum atomic E-state index is 11.6. The normalized spacial score (nSPS) is 11.4. The molecule has 0 amide bonds. The lowest BCUT2D eigenvalue weighted by molar-refractivity contribution is -0.105. The van der Waals surface area contributed by atoms with Crippen LogP contribution in [0.1, 0.15) is 137 Å². The first-order valence-corrected chi connectivity index (χ1v) is 12.2. The Bertz CT molecular complexity index is 352. The third-order valence-electron chi connectivity index (χ3n) is 5.46. The van der Waals surface area contributed by atoms with E-state index in [0.29, 0.717) is 11.8 Å². The average Bonchev–Trinajstić information content (AvgIpc) is 2.61. The van der Waals surface area contributed by atoms with E-state index in [-0.39, 0.29) is 0 Å². The van der Waals surface area contributed by atoms with Crippen LogP contribution in [0, 0.1) is 11.8 Å². The highest BCUT2D eigenvalue weighted by atomic mass is 16.1. The molecule has 160 valence electrons. The van der Waals surface area contributed by atoms with E-state index >= 15 is 0 Å². The molecule has 0 fully saturated rings. The Morgan fingerprint density at radius 1 is 0.630 bits per heavy atom. The molecule has 27 heavy (non-hydrogen) atoms. The first-order chi connectivity index (χ1) is 13.0. The zero-order chi connectivity index (χ0) is 20.3. The Morgan fingerprint density at radius 2 is 1.00 bits per heavy atom. The van der Waals surface area contributed by atoms with Crippen LogP contribution in [-0.2, 0) is 4.79 Å². The molecule has 0 N–H and O–H groups in total. The van der Waals surface area contributed by atoms with Crippen LogP contribution in [0.5, 0.6) is 0 Å². The maximum absolute atomic E-state index is 11.6. The van der Waals surface area contributed by atoms with E-state index in [1.165, 1.54) is 89.0 Å². The summed E-state index contributed by atoms with van der Waals surface area (Å²) in [7, 11) is 0. The summed E-state index contributed by atoms with van der Waals surface area (Å²) >= 11 is 0. The monoisotopic (exact) mass is 378 g/mol. The Morgan fingerprint density at radius 3 is 1.33 bits per heavy atom. The molecular formula is C26H50O. The SMILES string of the molecule is CCCCCCCCCCCCCCCC(C=O)=C(CC(C)C)CC(C)C. The fourth-order valence-electron chi connectivity index (χ4n) is 3.98. The number of unbranched alkanes of at least 4 members (excludes halogenated alkanes) is 12. The third kappa shape index (κ3) is 17.3. The van der Waals surface area contributed by atoms with Gasteiger partial charge in [0.25, 0.3) is 0 Å². The molecular weight excluding hydrogens is 328 g/mol. The molecule has 0 radical (unpaired) electrons. The molecule has 0 unspecified atom stereocenters. The van der Waals surface area contributed by atoms with E-state index in [1.807, 2.05) is 0 Å². The van der Waals surface area contributed by atoms with Gasteiger partial charge < -0.3 is 0 Å². The summed E-state index contributed by atoms with van der Waals surface area (Å²) in [4.78, 5) is 11.6. The fourth-order valence-corrected chi connectivity index (χ4v) is 3.98. The number of carbonyl (C=O) groups is 1. The number of carbonyl (C=O) groups excluding carboxylic acids is 1. The van der Waals surface area contributed by atoms with Crippen LogP contribution < -0.4 is 0 Å². The number of hydrogen-bond donors (Lipinski definition) is 0. The molecule has 0 aromatic carbocycles. The van der Waals surface area contributed by atoms with E-state index in [1.54, 1.807) is 0 Å². The first kappa shape index (κ1) is 26.4. The van der Waals surface area contributed by atoms with Crippen molar-refractivity contribution in [3.63, 3.8) is 0 Å². The largest absolute Gasteiger partial charge is 0.298 e. The van der Waals surface area contributed by atoms with Crippen LogP contribution in [0.25, 0.3) is 0 Å². The van der Waals surface area contributed by atoms with Crippen LogP contribution in [0.4, 0.5) is 0 Å². The summed E-state index contributed by atoms with van der Waals surface area (Å²) in [6, 6.07) is 0. The first-order valence-electron chi connectivity index (χ1n) is 12.2. The standard InChI is InChI=1S/C26H50O/c1-6-7-8-9-10-11-12-13-14-15-16-17-18-19-25(22-27)26(20-23(2)3)21-24(4)5/h22-24H,6-21H2,1-5H3. The van der Waals surface area contributed by atoms with Gasteiger partial charge in [0.05, 0.1) is 0 Å². The van der Waals surface area contributed by atoms with Crippen molar-refractivity contribution in [2.75, 3.05) is 0 Å². The predicted octanol–water partition coefficient (Wildman–Crippen LogP) is 9.06. The minimum atomic E-state index is 0.639. The summed E-state index contributed by atoms with van der Waals surface area (Å²) in [5.41, 5.74) is 2.54. The Labute approximate surface area is 171 Å². The van der Waals surface area contributed by atoms with E-state index in [9.17, 15) is 4.79 Å². The fraction of sp³-hybridized carbons (Fsp3) is 0.885. The molecule has 1 heteroatoms.